The van der Waals surface area contributed by atoms with Crippen molar-refractivity contribution in [1.29, 1.82) is 0 Å². The van der Waals surface area contributed by atoms with Crippen LogP contribution in [0.3, 0.4) is 0 Å². The molecule has 1 N–H and O–H groups in total. The van der Waals surface area contributed by atoms with Gasteiger partial charge in [-0.1, -0.05) is 23.2 Å². The topological polar surface area (TPSA) is 54.9 Å². The molecule has 7 heteroatoms. The first kappa shape index (κ1) is 13.3. The van der Waals surface area contributed by atoms with Crippen LogP contribution in [-0.2, 0) is 0 Å². The monoisotopic (exact) mass is 345 g/mol. The van der Waals surface area contributed by atoms with Crippen molar-refractivity contribution in [3.63, 3.8) is 0 Å². The molecular formula is C11H6BrCl2N3O. The molecule has 1 heterocycles. The van der Waals surface area contributed by atoms with E-state index in [1.54, 1.807) is 18.2 Å². The highest BCUT2D eigenvalue weighted by Gasteiger charge is 2.10. The van der Waals surface area contributed by atoms with Gasteiger partial charge in [0.05, 0.1) is 5.69 Å². The quantitative estimate of drug-likeness (QED) is 0.899. The van der Waals surface area contributed by atoms with Crippen LogP contribution in [0.25, 0.3) is 0 Å². The van der Waals surface area contributed by atoms with E-state index in [1.807, 2.05) is 0 Å². The van der Waals surface area contributed by atoms with Crippen LogP contribution in [0.2, 0.25) is 10.2 Å². The molecule has 0 radical (unpaired) electrons. The number of nitrogens with one attached hydrogen (secondary N) is 1. The van der Waals surface area contributed by atoms with Gasteiger partial charge in [0.2, 0.25) is 0 Å². The fourth-order valence-corrected chi connectivity index (χ4v) is 1.84. The number of amides is 1. The van der Waals surface area contributed by atoms with Crippen molar-refractivity contribution in [1.82, 2.24) is 10.2 Å². The maximum Gasteiger partial charge on any atom is 0.276 e. The summed E-state index contributed by atoms with van der Waals surface area (Å²) in [4.78, 5) is 11.9. The van der Waals surface area contributed by atoms with E-state index in [0.29, 0.717) is 10.7 Å². The van der Waals surface area contributed by atoms with Gasteiger partial charge in [-0.15, -0.1) is 10.2 Å². The van der Waals surface area contributed by atoms with Crippen molar-refractivity contribution >= 4 is 50.7 Å². The molecule has 0 unspecified atom stereocenters. The molecule has 0 fully saturated rings. The smallest absolute Gasteiger partial charge is 0.276 e. The Morgan fingerprint density at radius 2 is 1.94 bits per heavy atom. The summed E-state index contributed by atoms with van der Waals surface area (Å²) in [7, 11) is 0. The number of aromatic nitrogens is 2. The highest BCUT2D eigenvalue weighted by atomic mass is 79.9. The molecule has 0 atom stereocenters. The van der Waals surface area contributed by atoms with Gasteiger partial charge in [0.15, 0.2) is 10.8 Å². The Morgan fingerprint density at radius 3 is 2.61 bits per heavy atom. The van der Waals surface area contributed by atoms with Crippen LogP contribution in [0.5, 0.6) is 0 Å². The average Bonchev–Trinajstić information content (AvgIpc) is 2.34. The number of carbonyl (C=O) groups is 1. The second-order valence-electron chi connectivity index (χ2n) is 3.32. The van der Waals surface area contributed by atoms with Crippen LogP contribution in [0.1, 0.15) is 10.5 Å². The Hall–Kier alpha value is -1.17. The molecule has 0 aliphatic heterocycles. The normalized spacial score (nSPS) is 10.2. The predicted molar refractivity (Wildman–Crippen MR) is 74.1 cm³/mol. The van der Waals surface area contributed by atoms with E-state index in [0.717, 1.165) is 4.47 Å². The first-order chi connectivity index (χ1) is 8.56. The lowest BCUT2D eigenvalue weighted by Crippen LogP contribution is -2.14. The number of carbonyl (C=O) groups excluding carboxylic acids is 1. The summed E-state index contributed by atoms with van der Waals surface area (Å²) in [6.45, 7) is 0. The van der Waals surface area contributed by atoms with Gasteiger partial charge in [0, 0.05) is 9.50 Å². The van der Waals surface area contributed by atoms with E-state index in [1.165, 1.54) is 12.1 Å². The van der Waals surface area contributed by atoms with Crippen LogP contribution in [0.4, 0.5) is 5.69 Å². The number of nitrogens with zero attached hydrogens (tertiary/aromatic N) is 2. The highest BCUT2D eigenvalue weighted by Crippen LogP contribution is 2.26. The zero-order valence-electron chi connectivity index (χ0n) is 8.82. The standard InChI is InChI=1S/C11H6BrCl2N3O/c12-7-2-1-6(13)5-9(7)15-11(18)8-3-4-10(14)17-16-8/h1-5H,(H,15,18). The first-order valence-corrected chi connectivity index (χ1v) is 6.37. The predicted octanol–water partition coefficient (Wildman–Crippen LogP) is 3.80. The fraction of sp³-hybridized carbons (Fsp3) is 0. The van der Waals surface area contributed by atoms with E-state index in [-0.39, 0.29) is 16.8 Å². The molecule has 92 valence electrons. The minimum absolute atomic E-state index is 0.172. The zero-order valence-corrected chi connectivity index (χ0v) is 11.9. The van der Waals surface area contributed by atoms with Crippen molar-refractivity contribution in [3.05, 3.63) is 50.7 Å². The van der Waals surface area contributed by atoms with Gasteiger partial charge in [0.25, 0.3) is 5.91 Å². The van der Waals surface area contributed by atoms with Crippen molar-refractivity contribution < 1.29 is 4.79 Å². The van der Waals surface area contributed by atoms with E-state index in [4.69, 9.17) is 23.2 Å². The maximum absolute atomic E-state index is 11.9. The van der Waals surface area contributed by atoms with Gasteiger partial charge in [-0.3, -0.25) is 4.79 Å². The Bertz CT molecular complexity index is 589. The third-order valence-electron chi connectivity index (χ3n) is 2.04. The largest absolute Gasteiger partial charge is 0.319 e. The molecule has 0 saturated carbocycles. The summed E-state index contributed by atoms with van der Waals surface area (Å²) in [6.07, 6.45) is 0. The van der Waals surface area contributed by atoms with Gasteiger partial charge < -0.3 is 5.32 Å². The molecule has 1 aromatic carbocycles. The third-order valence-corrected chi connectivity index (χ3v) is 3.17. The van der Waals surface area contributed by atoms with E-state index in [9.17, 15) is 4.79 Å². The second kappa shape index (κ2) is 5.65. The lowest BCUT2D eigenvalue weighted by molar-refractivity contribution is 0.102. The number of halogens is 3. The van der Waals surface area contributed by atoms with Gasteiger partial charge in [0.1, 0.15) is 0 Å². The molecule has 1 amide bonds. The van der Waals surface area contributed by atoms with Crippen LogP contribution in [0.15, 0.2) is 34.8 Å². The van der Waals surface area contributed by atoms with Crippen LogP contribution in [0, 0.1) is 0 Å². The van der Waals surface area contributed by atoms with Crippen molar-refractivity contribution in [2.45, 2.75) is 0 Å². The Balaban J connectivity index is 2.21. The van der Waals surface area contributed by atoms with Gasteiger partial charge in [-0.2, -0.15) is 0 Å². The summed E-state index contributed by atoms with van der Waals surface area (Å²) in [5.74, 6) is -0.387. The fourth-order valence-electron chi connectivity index (χ4n) is 1.22. The molecule has 0 spiro atoms. The summed E-state index contributed by atoms with van der Waals surface area (Å²) in [5.41, 5.74) is 0.732. The molecule has 0 aliphatic carbocycles. The summed E-state index contributed by atoms with van der Waals surface area (Å²) < 4.78 is 0.724. The molecule has 4 nitrogen and oxygen atoms in total. The minimum atomic E-state index is -0.387. The number of anilines is 1. The number of rotatable bonds is 2. The molecule has 0 aliphatic rings. The van der Waals surface area contributed by atoms with Crippen molar-refractivity contribution in [2.24, 2.45) is 0 Å². The zero-order chi connectivity index (χ0) is 13.1. The van der Waals surface area contributed by atoms with E-state index in [2.05, 4.69) is 31.4 Å². The van der Waals surface area contributed by atoms with Gasteiger partial charge in [-0.25, -0.2) is 0 Å². The van der Waals surface area contributed by atoms with Crippen LogP contribution in [-0.4, -0.2) is 16.1 Å². The molecule has 2 aromatic rings. The Kier molecular flexibility index (Phi) is 4.16. The van der Waals surface area contributed by atoms with E-state index < -0.39 is 0 Å². The van der Waals surface area contributed by atoms with Gasteiger partial charge in [-0.05, 0) is 46.3 Å². The minimum Gasteiger partial charge on any atom is -0.319 e. The summed E-state index contributed by atoms with van der Waals surface area (Å²) in [6, 6.07) is 8.07. The Morgan fingerprint density at radius 1 is 1.17 bits per heavy atom. The third kappa shape index (κ3) is 3.19. The maximum atomic E-state index is 11.9. The van der Waals surface area contributed by atoms with Gasteiger partial charge >= 0.3 is 0 Å². The van der Waals surface area contributed by atoms with E-state index >= 15 is 0 Å². The van der Waals surface area contributed by atoms with Crippen molar-refractivity contribution in [3.8, 4) is 0 Å². The molecule has 2 rings (SSSR count). The average molecular weight is 347 g/mol. The lowest BCUT2D eigenvalue weighted by Gasteiger charge is -2.06. The Labute approximate surface area is 121 Å². The molecule has 0 bridgehead atoms. The summed E-state index contributed by atoms with van der Waals surface area (Å²) >= 11 is 14.8. The SMILES string of the molecule is O=C(Nc1cc(Cl)ccc1Br)c1ccc(Cl)nn1. The summed E-state index contributed by atoms with van der Waals surface area (Å²) in [5, 5.41) is 10.7. The number of hydrogen-bond donors (Lipinski definition) is 1. The highest BCUT2D eigenvalue weighted by molar-refractivity contribution is 9.10. The first-order valence-electron chi connectivity index (χ1n) is 4.82. The van der Waals surface area contributed by atoms with Crippen LogP contribution >= 0.6 is 39.1 Å². The second-order valence-corrected chi connectivity index (χ2v) is 5.00. The molecule has 18 heavy (non-hydrogen) atoms. The van der Waals surface area contributed by atoms with Crippen LogP contribution < -0.4 is 5.32 Å². The molecular weight excluding hydrogens is 341 g/mol. The number of benzene rings is 1. The number of hydrogen-bond acceptors (Lipinski definition) is 3. The lowest BCUT2D eigenvalue weighted by atomic mass is 10.3. The molecule has 1 aromatic heterocycles. The molecule has 0 saturated heterocycles. The van der Waals surface area contributed by atoms with Crippen molar-refractivity contribution in [2.75, 3.05) is 5.32 Å².